The molecule has 204 valence electrons. The fourth-order valence-corrected chi connectivity index (χ4v) is 4.43. The highest BCUT2D eigenvalue weighted by atomic mass is 19.2. The van der Waals surface area contributed by atoms with E-state index in [4.69, 9.17) is 10.5 Å². The summed E-state index contributed by atoms with van der Waals surface area (Å²) in [5, 5.41) is 6.56. The Bertz CT molecular complexity index is 1440. The van der Waals surface area contributed by atoms with Crippen LogP contribution in [0.1, 0.15) is 49.5 Å². The van der Waals surface area contributed by atoms with E-state index in [-0.39, 0.29) is 23.8 Å². The first-order valence-corrected chi connectivity index (χ1v) is 12.7. The Balaban J connectivity index is 1.65. The van der Waals surface area contributed by atoms with Crippen molar-refractivity contribution in [3.05, 3.63) is 70.9 Å². The molecule has 0 spiro atoms. The lowest BCUT2D eigenvalue weighted by atomic mass is 9.83. The maximum Gasteiger partial charge on any atom is 0.201 e. The minimum absolute atomic E-state index is 0.124. The second kappa shape index (κ2) is 10.8. The van der Waals surface area contributed by atoms with Gasteiger partial charge in [0.2, 0.25) is 5.82 Å². The van der Waals surface area contributed by atoms with Crippen molar-refractivity contribution in [3.8, 4) is 16.9 Å². The number of aromatic nitrogens is 4. The molecule has 38 heavy (non-hydrogen) atoms. The Labute approximate surface area is 222 Å². The smallest absolute Gasteiger partial charge is 0.201 e. The van der Waals surface area contributed by atoms with Gasteiger partial charge in [0.15, 0.2) is 11.6 Å². The lowest BCUT2D eigenvalue weighted by Gasteiger charge is -2.26. The molecule has 0 saturated carbocycles. The van der Waals surface area contributed by atoms with E-state index in [0.717, 1.165) is 34.4 Å². The molecule has 0 aliphatic carbocycles. The third-order valence-electron chi connectivity index (χ3n) is 7.04. The van der Waals surface area contributed by atoms with E-state index >= 15 is 4.39 Å². The first-order chi connectivity index (χ1) is 17.9. The van der Waals surface area contributed by atoms with Gasteiger partial charge in [0.25, 0.3) is 0 Å². The van der Waals surface area contributed by atoms with Gasteiger partial charge in [-0.15, -0.1) is 0 Å². The second-order valence-corrected chi connectivity index (χ2v) is 10.7. The Kier molecular flexibility index (Phi) is 7.87. The van der Waals surface area contributed by atoms with Gasteiger partial charge in [-0.1, -0.05) is 20.8 Å². The first kappa shape index (κ1) is 27.7. The number of hydrogen-bond donors (Lipinski definition) is 2. The van der Waals surface area contributed by atoms with Crippen LogP contribution < -0.4 is 15.9 Å². The van der Waals surface area contributed by atoms with Crippen molar-refractivity contribution in [2.75, 3.05) is 20.7 Å². The number of pyridine rings is 1. The Morgan fingerprint density at radius 1 is 1.18 bits per heavy atom. The third kappa shape index (κ3) is 5.43. The fourth-order valence-electron chi connectivity index (χ4n) is 4.43. The normalized spacial score (nSPS) is 13.0. The fraction of sp³-hybridized carbons (Fsp3) is 0.429. The van der Waals surface area contributed by atoms with E-state index in [0.29, 0.717) is 24.1 Å². The van der Waals surface area contributed by atoms with E-state index in [1.807, 2.05) is 55.8 Å². The highest BCUT2D eigenvalue weighted by molar-refractivity contribution is 5.71. The van der Waals surface area contributed by atoms with Crippen LogP contribution >= 0.6 is 0 Å². The van der Waals surface area contributed by atoms with Crippen molar-refractivity contribution in [1.82, 2.24) is 29.6 Å². The zero-order valence-electron chi connectivity index (χ0n) is 23.1. The topological polar surface area (TPSA) is 85.6 Å². The molecule has 1 aromatic carbocycles. The number of hydrogen-bond acceptors (Lipinski definition) is 6. The Hall–Kier alpha value is -3.34. The number of aryl methyl sites for hydroxylation is 1. The lowest BCUT2D eigenvalue weighted by Crippen LogP contribution is -2.30. The number of nitrogens with two attached hydrogens (primary N) is 1. The van der Waals surface area contributed by atoms with Crippen LogP contribution in [0.2, 0.25) is 0 Å². The lowest BCUT2D eigenvalue weighted by molar-refractivity contribution is 0.248. The van der Waals surface area contributed by atoms with E-state index in [9.17, 15) is 4.39 Å². The molecule has 0 aliphatic rings. The summed E-state index contributed by atoms with van der Waals surface area (Å²) in [5.74, 6) is -2.10. The molecule has 0 bridgehead atoms. The minimum atomic E-state index is -1.02. The average molecular weight is 526 g/mol. The molecule has 1 atom stereocenters. The quantitative estimate of drug-likeness (QED) is 0.312. The van der Waals surface area contributed by atoms with E-state index in [1.54, 1.807) is 16.9 Å². The molecule has 1 unspecified atom stereocenters. The van der Waals surface area contributed by atoms with Crippen molar-refractivity contribution >= 4 is 5.65 Å². The molecule has 4 rings (SSSR count). The van der Waals surface area contributed by atoms with E-state index in [1.165, 1.54) is 0 Å². The summed E-state index contributed by atoms with van der Waals surface area (Å²) >= 11 is 0. The largest absolute Gasteiger partial charge is 0.489 e. The van der Waals surface area contributed by atoms with Crippen molar-refractivity contribution in [2.24, 2.45) is 18.2 Å². The predicted octanol–water partition coefficient (Wildman–Crippen LogP) is 4.56. The number of ether oxygens (including phenoxy) is 1. The van der Waals surface area contributed by atoms with Crippen LogP contribution in [0, 0.1) is 24.0 Å². The number of fused-ring (bicyclic) bond motifs is 1. The molecule has 0 saturated heterocycles. The monoisotopic (exact) mass is 525 g/mol. The Morgan fingerprint density at radius 2 is 1.92 bits per heavy atom. The van der Waals surface area contributed by atoms with Crippen LogP contribution in [0.25, 0.3) is 16.8 Å². The summed E-state index contributed by atoms with van der Waals surface area (Å²) in [6.45, 7) is 8.90. The number of benzene rings is 1. The number of nitrogens with zero attached hydrogens (tertiary/aromatic N) is 5. The molecule has 0 radical (unpaired) electrons. The summed E-state index contributed by atoms with van der Waals surface area (Å²) in [6, 6.07) is 6.07. The molecule has 0 aliphatic heterocycles. The predicted molar refractivity (Wildman–Crippen MR) is 145 cm³/mol. The van der Waals surface area contributed by atoms with Gasteiger partial charge in [0.1, 0.15) is 5.65 Å². The third-order valence-corrected chi connectivity index (χ3v) is 7.04. The molecule has 3 aromatic heterocycles. The van der Waals surface area contributed by atoms with E-state index in [2.05, 4.69) is 36.3 Å². The van der Waals surface area contributed by atoms with Crippen molar-refractivity contribution < 1.29 is 13.5 Å². The summed E-state index contributed by atoms with van der Waals surface area (Å²) in [5.41, 5.74) is 15.0. The second-order valence-electron chi connectivity index (χ2n) is 10.7. The minimum Gasteiger partial charge on any atom is -0.489 e. The molecule has 0 amide bonds. The summed E-state index contributed by atoms with van der Waals surface area (Å²) in [6.07, 6.45) is 4.12. The standard InChI is InChI=1S/C28H37F2N7O/c1-17-20(25(34-36(17)7)27(31)28(2,3)4)12-13-38-26-21(9-10-22(29)24(26)30)18-8-11-23-33-14-19(37(23)15-18)16-35(6)32-5/h8-11,14-15,27,32H,12-13,16,31H2,1-7H3. The maximum atomic E-state index is 15.1. The summed E-state index contributed by atoms with van der Waals surface area (Å²) < 4.78 is 39.1. The van der Waals surface area contributed by atoms with Gasteiger partial charge in [0, 0.05) is 49.1 Å². The zero-order valence-corrected chi connectivity index (χ0v) is 23.1. The van der Waals surface area contributed by atoms with Gasteiger partial charge in [-0.3, -0.25) is 10.1 Å². The maximum absolute atomic E-state index is 15.1. The Morgan fingerprint density at radius 3 is 2.61 bits per heavy atom. The molecule has 3 heterocycles. The van der Waals surface area contributed by atoms with Crippen LogP contribution in [0.15, 0.2) is 36.7 Å². The summed E-state index contributed by atoms with van der Waals surface area (Å²) in [7, 11) is 5.64. The van der Waals surface area contributed by atoms with Crippen LogP contribution in [0.3, 0.4) is 0 Å². The number of rotatable bonds is 9. The number of halogens is 2. The van der Waals surface area contributed by atoms with Gasteiger partial charge in [-0.25, -0.2) is 14.4 Å². The molecular formula is C28H37F2N7O. The molecule has 4 aromatic rings. The molecule has 8 nitrogen and oxygen atoms in total. The highest BCUT2D eigenvalue weighted by Crippen LogP contribution is 2.36. The zero-order chi connectivity index (χ0) is 27.8. The highest BCUT2D eigenvalue weighted by Gasteiger charge is 2.28. The number of hydrazine groups is 1. The van der Waals surface area contributed by atoms with E-state index < -0.39 is 11.6 Å². The van der Waals surface area contributed by atoms with Gasteiger partial charge in [-0.2, -0.15) is 9.49 Å². The SMILES string of the molecule is CNN(C)Cc1cnc2ccc(-c3ccc(F)c(F)c3OCCc3c(C(N)C(C)(C)C)nn(C)c3C)cn12. The first-order valence-electron chi connectivity index (χ1n) is 12.7. The van der Waals surface area contributed by atoms with Crippen LogP contribution in [-0.2, 0) is 20.0 Å². The average Bonchev–Trinajstić information content (AvgIpc) is 3.40. The van der Waals surface area contributed by atoms with Crippen molar-refractivity contribution in [3.63, 3.8) is 0 Å². The van der Waals surface area contributed by atoms with Gasteiger partial charge in [0.05, 0.1) is 36.8 Å². The van der Waals surface area contributed by atoms with Crippen LogP contribution in [-0.4, -0.2) is 44.9 Å². The molecule has 0 fully saturated rings. The number of nitrogens with one attached hydrogen (secondary N) is 1. The number of imidazole rings is 1. The molecule has 3 N–H and O–H groups in total. The van der Waals surface area contributed by atoms with Crippen LogP contribution in [0.5, 0.6) is 5.75 Å². The summed E-state index contributed by atoms with van der Waals surface area (Å²) in [4.78, 5) is 4.45. The van der Waals surface area contributed by atoms with Gasteiger partial charge >= 0.3 is 0 Å². The van der Waals surface area contributed by atoms with Gasteiger partial charge < -0.3 is 14.9 Å². The van der Waals surface area contributed by atoms with Crippen molar-refractivity contribution in [2.45, 2.75) is 46.7 Å². The van der Waals surface area contributed by atoms with Crippen molar-refractivity contribution in [1.29, 1.82) is 0 Å². The van der Waals surface area contributed by atoms with Crippen LogP contribution in [0.4, 0.5) is 8.78 Å². The molecule has 10 heteroatoms. The molecular weight excluding hydrogens is 488 g/mol. The van der Waals surface area contributed by atoms with Gasteiger partial charge in [-0.05, 0) is 43.7 Å².